The van der Waals surface area contributed by atoms with Crippen LogP contribution in [0.15, 0.2) is 0 Å². The summed E-state index contributed by atoms with van der Waals surface area (Å²) in [5.41, 5.74) is 5.56. The maximum atomic E-state index is 12.1. The number of nitrogens with one attached hydrogen (secondary N) is 1. The van der Waals surface area contributed by atoms with Gasteiger partial charge in [-0.2, -0.15) is 0 Å². The molecule has 2 unspecified atom stereocenters. The van der Waals surface area contributed by atoms with Crippen molar-refractivity contribution >= 4 is 6.09 Å². The van der Waals surface area contributed by atoms with Gasteiger partial charge < -0.3 is 20.7 Å². The monoisotopic (exact) mass is 299 g/mol. The number of nitrogens with zero attached hydrogens (tertiary/aromatic N) is 1. The summed E-state index contributed by atoms with van der Waals surface area (Å²) in [6.45, 7) is 10.0. The molecule has 3 N–H and O–H groups in total. The highest BCUT2D eigenvalue weighted by Crippen LogP contribution is 2.16. The maximum Gasteiger partial charge on any atom is 0.410 e. The number of carbonyl (C=O) groups excluding carboxylic acids is 1. The average molecular weight is 299 g/mol. The lowest BCUT2D eigenvalue weighted by atomic mass is 9.92. The summed E-state index contributed by atoms with van der Waals surface area (Å²) in [6.07, 6.45) is 5.29. The summed E-state index contributed by atoms with van der Waals surface area (Å²) in [6, 6.07) is 0.824. The number of rotatable bonds is 6. The molecule has 1 aliphatic carbocycles. The molecule has 5 nitrogen and oxygen atoms in total. The van der Waals surface area contributed by atoms with Gasteiger partial charge in [0.05, 0.1) is 0 Å². The van der Waals surface area contributed by atoms with Gasteiger partial charge in [-0.3, -0.25) is 0 Å². The molecule has 0 aliphatic heterocycles. The highest BCUT2D eigenvalue weighted by molar-refractivity contribution is 5.68. The predicted molar refractivity (Wildman–Crippen MR) is 86.3 cm³/mol. The molecule has 124 valence electrons. The molecule has 0 aromatic carbocycles. The molecule has 1 saturated carbocycles. The van der Waals surface area contributed by atoms with Gasteiger partial charge in [0.2, 0.25) is 0 Å². The lowest BCUT2D eigenvalue weighted by molar-refractivity contribution is 0.0250. The van der Waals surface area contributed by atoms with Crippen molar-refractivity contribution in [3.05, 3.63) is 0 Å². The molecule has 0 spiro atoms. The van der Waals surface area contributed by atoms with Gasteiger partial charge in [-0.25, -0.2) is 4.79 Å². The Morgan fingerprint density at radius 1 is 1.33 bits per heavy atom. The molecule has 0 radical (unpaired) electrons. The van der Waals surface area contributed by atoms with Crippen LogP contribution in [0.1, 0.15) is 59.8 Å². The average Bonchev–Trinajstić information content (AvgIpc) is 2.35. The van der Waals surface area contributed by atoms with Crippen LogP contribution < -0.4 is 11.1 Å². The van der Waals surface area contributed by atoms with Crippen molar-refractivity contribution in [1.29, 1.82) is 0 Å². The van der Waals surface area contributed by atoms with Crippen LogP contribution in [0.4, 0.5) is 4.79 Å². The van der Waals surface area contributed by atoms with E-state index < -0.39 is 5.60 Å². The number of hydrogen-bond acceptors (Lipinski definition) is 4. The Balaban J connectivity index is 2.35. The second-order valence-electron chi connectivity index (χ2n) is 7.05. The van der Waals surface area contributed by atoms with Crippen LogP contribution in [0, 0.1) is 0 Å². The lowest BCUT2D eigenvalue weighted by Crippen LogP contribution is -2.45. The van der Waals surface area contributed by atoms with Gasteiger partial charge in [-0.1, -0.05) is 13.3 Å². The molecule has 0 saturated heterocycles. The number of nitrogens with two attached hydrogens (primary N) is 1. The van der Waals surface area contributed by atoms with Crippen LogP contribution in [0.2, 0.25) is 0 Å². The molecule has 1 amide bonds. The van der Waals surface area contributed by atoms with Crippen LogP contribution in [-0.4, -0.2) is 48.3 Å². The van der Waals surface area contributed by atoms with Gasteiger partial charge >= 0.3 is 6.09 Å². The van der Waals surface area contributed by atoms with Crippen molar-refractivity contribution in [2.24, 2.45) is 5.73 Å². The molecule has 1 fully saturated rings. The summed E-state index contributed by atoms with van der Waals surface area (Å²) in [5, 5.41) is 3.53. The summed E-state index contributed by atoms with van der Waals surface area (Å²) < 4.78 is 5.45. The Morgan fingerprint density at radius 3 is 2.62 bits per heavy atom. The normalized spacial score (nSPS) is 22.9. The van der Waals surface area contributed by atoms with Gasteiger partial charge in [0, 0.05) is 31.7 Å². The van der Waals surface area contributed by atoms with Crippen molar-refractivity contribution < 1.29 is 9.53 Å². The van der Waals surface area contributed by atoms with E-state index in [1.165, 1.54) is 12.8 Å². The lowest BCUT2D eigenvalue weighted by Gasteiger charge is -2.30. The van der Waals surface area contributed by atoms with Crippen molar-refractivity contribution in [3.8, 4) is 0 Å². The number of carbonyl (C=O) groups is 1. The molecule has 1 rings (SSSR count). The minimum Gasteiger partial charge on any atom is -0.444 e. The molecule has 5 heteroatoms. The molecule has 21 heavy (non-hydrogen) atoms. The van der Waals surface area contributed by atoms with Crippen LogP contribution in [-0.2, 0) is 4.74 Å². The first kappa shape index (κ1) is 18.2. The van der Waals surface area contributed by atoms with E-state index >= 15 is 0 Å². The minimum absolute atomic E-state index is 0.216. The van der Waals surface area contributed by atoms with Crippen molar-refractivity contribution in [2.45, 2.75) is 77.5 Å². The van der Waals surface area contributed by atoms with Gasteiger partial charge in [0.25, 0.3) is 0 Å². The molecule has 0 aromatic heterocycles. The SMILES string of the molecule is CCCN(CCNC1CCCC(N)C1)C(=O)OC(C)(C)C. The largest absolute Gasteiger partial charge is 0.444 e. The van der Waals surface area contributed by atoms with Gasteiger partial charge in [-0.15, -0.1) is 0 Å². The van der Waals surface area contributed by atoms with E-state index in [1.807, 2.05) is 20.8 Å². The van der Waals surface area contributed by atoms with Crippen molar-refractivity contribution in [1.82, 2.24) is 10.2 Å². The number of hydrogen-bond donors (Lipinski definition) is 2. The summed E-state index contributed by atoms with van der Waals surface area (Å²) in [5.74, 6) is 0. The molecule has 1 aliphatic rings. The third-order valence-corrected chi connectivity index (χ3v) is 3.67. The Labute approximate surface area is 129 Å². The number of amides is 1. The Morgan fingerprint density at radius 2 is 2.05 bits per heavy atom. The summed E-state index contributed by atoms with van der Waals surface area (Å²) in [7, 11) is 0. The topological polar surface area (TPSA) is 67.6 Å². The van der Waals surface area contributed by atoms with Crippen LogP contribution in [0.3, 0.4) is 0 Å². The van der Waals surface area contributed by atoms with Gasteiger partial charge in [0.15, 0.2) is 0 Å². The third-order valence-electron chi connectivity index (χ3n) is 3.67. The van der Waals surface area contributed by atoms with E-state index in [1.54, 1.807) is 4.90 Å². The zero-order valence-electron chi connectivity index (χ0n) is 14.2. The predicted octanol–water partition coefficient (Wildman–Crippen LogP) is 2.49. The smallest absolute Gasteiger partial charge is 0.410 e. The van der Waals surface area contributed by atoms with Gasteiger partial charge in [-0.05, 0) is 46.5 Å². The van der Waals surface area contributed by atoms with Crippen LogP contribution >= 0.6 is 0 Å². The maximum absolute atomic E-state index is 12.1. The third kappa shape index (κ3) is 7.67. The molecular weight excluding hydrogens is 266 g/mol. The highest BCUT2D eigenvalue weighted by atomic mass is 16.6. The van der Waals surface area contributed by atoms with E-state index in [0.29, 0.717) is 18.6 Å². The first-order valence-electron chi connectivity index (χ1n) is 8.28. The minimum atomic E-state index is -0.438. The van der Waals surface area contributed by atoms with E-state index in [9.17, 15) is 4.79 Å². The first-order chi connectivity index (χ1) is 9.81. The molecular formula is C16H33N3O2. The molecule has 0 bridgehead atoms. The van der Waals surface area contributed by atoms with E-state index in [2.05, 4.69) is 12.2 Å². The fourth-order valence-corrected chi connectivity index (χ4v) is 2.71. The summed E-state index contributed by atoms with van der Waals surface area (Å²) in [4.78, 5) is 13.9. The summed E-state index contributed by atoms with van der Waals surface area (Å²) >= 11 is 0. The number of ether oxygens (including phenoxy) is 1. The molecule has 0 heterocycles. The van der Waals surface area contributed by atoms with Crippen molar-refractivity contribution in [3.63, 3.8) is 0 Å². The zero-order chi connectivity index (χ0) is 15.9. The fourth-order valence-electron chi connectivity index (χ4n) is 2.71. The Bertz CT molecular complexity index is 315. The van der Waals surface area contributed by atoms with E-state index in [0.717, 1.165) is 32.4 Å². The fraction of sp³-hybridized carbons (Fsp3) is 0.938. The first-order valence-corrected chi connectivity index (χ1v) is 8.28. The second-order valence-corrected chi connectivity index (χ2v) is 7.05. The van der Waals surface area contributed by atoms with Gasteiger partial charge in [0.1, 0.15) is 5.60 Å². The zero-order valence-corrected chi connectivity index (χ0v) is 14.2. The van der Waals surface area contributed by atoms with Crippen LogP contribution in [0.5, 0.6) is 0 Å². The quantitative estimate of drug-likeness (QED) is 0.791. The van der Waals surface area contributed by atoms with E-state index in [-0.39, 0.29) is 6.09 Å². The molecule has 0 aromatic rings. The highest BCUT2D eigenvalue weighted by Gasteiger charge is 2.22. The second kappa shape index (κ2) is 8.59. The van der Waals surface area contributed by atoms with Crippen LogP contribution in [0.25, 0.3) is 0 Å². The van der Waals surface area contributed by atoms with E-state index in [4.69, 9.17) is 10.5 Å². The molecule has 2 atom stereocenters. The van der Waals surface area contributed by atoms with Crippen molar-refractivity contribution in [2.75, 3.05) is 19.6 Å². The Kier molecular flexibility index (Phi) is 7.46. The standard InChI is InChI=1S/C16H33N3O2/c1-5-10-19(15(20)21-16(2,3)4)11-9-18-14-8-6-7-13(17)12-14/h13-14,18H,5-12,17H2,1-4H3. The Hall–Kier alpha value is -0.810.